The molecule has 6 heteroatoms. The first-order chi connectivity index (χ1) is 9.79. The van der Waals surface area contributed by atoms with Crippen molar-refractivity contribution in [3.63, 3.8) is 0 Å². The van der Waals surface area contributed by atoms with Crippen LogP contribution in [0.5, 0.6) is 0 Å². The molecule has 2 heterocycles. The van der Waals surface area contributed by atoms with Crippen molar-refractivity contribution < 1.29 is 4.52 Å². The summed E-state index contributed by atoms with van der Waals surface area (Å²) >= 11 is 0. The minimum Gasteiger partial charge on any atom is -0.334 e. The average molecular weight is 269 g/mol. The van der Waals surface area contributed by atoms with E-state index in [1.54, 1.807) is 12.4 Å². The lowest BCUT2D eigenvalue weighted by molar-refractivity contribution is 0.413. The van der Waals surface area contributed by atoms with Crippen molar-refractivity contribution in [3.8, 4) is 11.5 Å². The van der Waals surface area contributed by atoms with Gasteiger partial charge in [-0.3, -0.25) is 9.97 Å². The maximum Gasteiger partial charge on any atom is 0.260 e. The second kappa shape index (κ2) is 5.34. The van der Waals surface area contributed by atoms with Gasteiger partial charge in [0.1, 0.15) is 5.52 Å². The van der Waals surface area contributed by atoms with E-state index in [2.05, 4.69) is 27.0 Å². The highest BCUT2D eigenvalue weighted by Gasteiger charge is 2.16. The van der Waals surface area contributed by atoms with Gasteiger partial charge in [-0.05, 0) is 18.6 Å². The van der Waals surface area contributed by atoms with Crippen molar-refractivity contribution in [1.82, 2.24) is 20.1 Å². The molecular formula is C14H15N5O. The van der Waals surface area contributed by atoms with Crippen LogP contribution in [0, 0.1) is 0 Å². The van der Waals surface area contributed by atoms with E-state index in [4.69, 9.17) is 10.3 Å². The van der Waals surface area contributed by atoms with Crippen LogP contribution in [0.3, 0.4) is 0 Å². The maximum atomic E-state index is 6.00. The third-order valence-electron chi connectivity index (χ3n) is 3.10. The standard InChI is InChI=1S/C14H15N5O/c1-2-4-10(15)13-18-14(20-19-13)9-5-3-6-11-12(9)17-8-7-16-11/h3,5-8,10H,2,4,15H2,1H3. The lowest BCUT2D eigenvalue weighted by atomic mass is 10.1. The molecule has 0 aliphatic heterocycles. The Morgan fingerprint density at radius 2 is 2.10 bits per heavy atom. The second-order valence-electron chi connectivity index (χ2n) is 4.58. The monoisotopic (exact) mass is 269 g/mol. The summed E-state index contributed by atoms with van der Waals surface area (Å²) in [6, 6.07) is 5.48. The number of nitrogens with zero attached hydrogens (tertiary/aromatic N) is 4. The Morgan fingerprint density at radius 1 is 1.25 bits per heavy atom. The highest BCUT2D eigenvalue weighted by Crippen LogP contribution is 2.25. The molecule has 2 aromatic heterocycles. The van der Waals surface area contributed by atoms with Gasteiger partial charge in [-0.1, -0.05) is 24.6 Å². The molecule has 20 heavy (non-hydrogen) atoms. The molecule has 0 amide bonds. The van der Waals surface area contributed by atoms with Crippen LogP contribution in [0.4, 0.5) is 0 Å². The molecular weight excluding hydrogens is 254 g/mol. The van der Waals surface area contributed by atoms with Gasteiger partial charge < -0.3 is 10.3 Å². The van der Waals surface area contributed by atoms with Crippen LogP contribution >= 0.6 is 0 Å². The van der Waals surface area contributed by atoms with E-state index in [0.29, 0.717) is 11.7 Å². The van der Waals surface area contributed by atoms with E-state index in [-0.39, 0.29) is 6.04 Å². The van der Waals surface area contributed by atoms with Crippen LogP contribution in [0.1, 0.15) is 31.6 Å². The first kappa shape index (κ1) is 12.7. The number of benzene rings is 1. The van der Waals surface area contributed by atoms with Gasteiger partial charge in [0.15, 0.2) is 5.82 Å². The third-order valence-corrected chi connectivity index (χ3v) is 3.10. The Kier molecular flexibility index (Phi) is 3.39. The third kappa shape index (κ3) is 2.25. The minimum absolute atomic E-state index is 0.196. The van der Waals surface area contributed by atoms with E-state index in [1.807, 2.05) is 18.2 Å². The number of hydrogen-bond acceptors (Lipinski definition) is 6. The molecule has 1 unspecified atom stereocenters. The van der Waals surface area contributed by atoms with Crippen molar-refractivity contribution in [2.45, 2.75) is 25.8 Å². The molecule has 1 atom stereocenters. The molecule has 0 saturated heterocycles. The summed E-state index contributed by atoms with van der Waals surface area (Å²) in [7, 11) is 0. The number of para-hydroxylation sites is 1. The number of rotatable bonds is 4. The van der Waals surface area contributed by atoms with E-state index in [0.717, 1.165) is 29.4 Å². The van der Waals surface area contributed by atoms with Gasteiger partial charge in [0.25, 0.3) is 5.89 Å². The van der Waals surface area contributed by atoms with Crippen LogP contribution in [0.25, 0.3) is 22.5 Å². The molecule has 0 bridgehead atoms. The molecule has 0 aliphatic rings. The van der Waals surface area contributed by atoms with Crippen molar-refractivity contribution >= 4 is 11.0 Å². The van der Waals surface area contributed by atoms with Gasteiger partial charge in [-0.25, -0.2) is 0 Å². The van der Waals surface area contributed by atoms with Crippen molar-refractivity contribution in [3.05, 3.63) is 36.4 Å². The lowest BCUT2D eigenvalue weighted by Crippen LogP contribution is -2.11. The first-order valence-corrected chi connectivity index (χ1v) is 6.59. The van der Waals surface area contributed by atoms with Crippen molar-refractivity contribution in [1.29, 1.82) is 0 Å². The van der Waals surface area contributed by atoms with Gasteiger partial charge in [0.2, 0.25) is 0 Å². The Labute approximate surface area is 116 Å². The minimum atomic E-state index is -0.196. The molecule has 2 N–H and O–H groups in total. The van der Waals surface area contributed by atoms with Gasteiger partial charge >= 0.3 is 0 Å². The zero-order valence-corrected chi connectivity index (χ0v) is 11.2. The topological polar surface area (TPSA) is 90.7 Å². The Hall–Kier alpha value is -2.34. The van der Waals surface area contributed by atoms with Crippen LogP contribution in [0.2, 0.25) is 0 Å². The number of aromatic nitrogens is 4. The molecule has 0 spiro atoms. The molecule has 6 nitrogen and oxygen atoms in total. The van der Waals surface area contributed by atoms with E-state index in [9.17, 15) is 0 Å². The van der Waals surface area contributed by atoms with Crippen molar-refractivity contribution in [2.75, 3.05) is 0 Å². The van der Waals surface area contributed by atoms with E-state index < -0.39 is 0 Å². The number of nitrogens with two attached hydrogens (primary N) is 1. The molecule has 0 saturated carbocycles. The Bertz CT molecular complexity index is 719. The predicted molar refractivity (Wildman–Crippen MR) is 74.7 cm³/mol. The van der Waals surface area contributed by atoms with Gasteiger partial charge in [0, 0.05) is 12.4 Å². The normalized spacial score (nSPS) is 12.7. The fourth-order valence-electron chi connectivity index (χ4n) is 2.10. The summed E-state index contributed by atoms with van der Waals surface area (Å²) in [6.45, 7) is 2.07. The highest BCUT2D eigenvalue weighted by atomic mass is 16.5. The largest absolute Gasteiger partial charge is 0.334 e. The van der Waals surface area contributed by atoms with Crippen LogP contribution in [-0.4, -0.2) is 20.1 Å². The van der Waals surface area contributed by atoms with Crippen LogP contribution in [0.15, 0.2) is 35.1 Å². The van der Waals surface area contributed by atoms with Gasteiger partial charge in [-0.15, -0.1) is 0 Å². The smallest absolute Gasteiger partial charge is 0.260 e. The van der Waals surface area contributed by atoms with E-state index in [1.165, 1.54) is 0 Å². The first-order valence-electron chi connectivity index (χ1n) is 6.59. The highest BCUT2D eigenvalue weighted by molar-refractivity contribution is 5.88. The number of fused-ring (bicyclic) bond motifs is 1. The fraction of sp³-hybridized carbons (Fsp3) is 0.286. The van der Waals surface area contributed by atoms with E-state index >= 15 is 0 Å². The zero-order valence-electron chi connectivity index (χ0n) is 11.2. The summed E-state index contributed by atoms with van der Waals surface area (Å²) in [4.78, 5) is 13.0. The molecule has 3 rings (SSSR count). The maximum absolute atomic E-state index is 6.00. The summed E-state index contributed by atoms with van der Waals surface area (Å²) in [5.41, 5.74) is 8.31. The molecule has 1 aromatic carbocycles. The quantitative estimate of drug-likeness (QED) is 0.782. The van der Waals surface area contributed by atoms with Gasteiger partial charge in [-0.2, -0.15) is 4.98 Å². The molecule has 3 aromatic rings. The van der Waals surface area contributed by atoms with Crippen LogP contribution < -0.4 is 5.73 Å². The molecule has 0 fully saturated rings. The molecule has 102 valence electrons. The summed E-state index contributed by atoms with van der Waals surface area (Å²) in [5.74, 6) is 0.959. The van der Waals surface area contributed by atoms with Crippen LogP contribution in [-0.2, 0) is 0 Å². The Morgan fingerprint density at radius 3 is 2.95 bits per heavy atom. The Balaban J connectivity index is 2.03. The second-order valence-corrected chi connectivity index (χ2v) is 4.58. The summed E-state index contributed by atoms with van der Waals surface area (Å²) in [6.07, 6.45) is 5.10. The predicted octanol–water partition coefficient (Wildman–Crippen LogP) is 2.48. The van der Waals surface area contributed by atoms with Crippen molar-refractivity contribution in [2.24, 2.45) is 5.73 Å². The SMILES string of the molecule is CCCC(N)c1noc(-c2cccc3nccnc23)n1. The summed E-state index contributed by atoms with van der Waals surface area (Å²) in [5, 5.41) is 3.96. The lowest BCUT2D eigenvalue weighted by Gasteiger charge is -2.02. The van der Waals surface area contributed by atoms with Gasteiger partial charge in [0.05, 0.1) is 17.1 Å². The number of hydrogen-bond donors (Lipinski definition) is 1. The summed E-state index contributed by atoms with van der Waals surface area (Å²) < 4.78 is 5.32. The molecule has 0 aliphatic carbocycles. The zero-order chi connectivity index (χ0) is 13.9. The molecule has 0 radical (unpaired) electrons. The average Bonchev–Trinajstić information content (AvgIpc) is 2.97. The fourth-order valence-corrected chi connectivity index (χ4v) is 2.10.